The fourth-order valence-corrected chi connectivity index (χ4v) is 6.23. The van der Waals surface area contributed by atoms with Gasteiger partial charge in [-0.15, -0.1) is 0 Å². The number of nitrogens with one attached hydrogen (secondary N) is 1. The Labute approximate surface area is 251 Å². The molecule has 0 radical (unpaired) electrons. The second-order valence-electron chi connectivity index (χ2n) is 10.2. The van der Waals surface area contributed by atoms with Crippen molar-refractivity contribution < 1.29 is 18.0 Å². The molecule has 0 aliphatic rings. The van der Waals surface area contributed by atoms with Gasteiger partial charge in [0.2, 0.25) is 11.8 Å². The number of benzene rings is 3. The Kier molecular flexibility index (Phi) is 10.5. The van der Waals surface area contributed by atoms with Crippen LogP contribution in [0.2, 0.25) is 15.1 Å². The fourth-order valence-electron chi connectivity index (χ4n) is 4.11. The molecule has 3 rings (SSSR count). The summed E-state index contributed by atoms with van der Waals surface area (Å²) in [5, 5.41) is 3.86. The van der Waals surface area contributed by atoms with Crippen LogP contribution in [0, 0.1) is 0 Å². The van der Waals surface area contributed by atoms with Crippen molar-refractivity contribution in [3.8, 4) is 0 Å². The molecule has 3 aromatic rings. The smallest absolute Gasteiger partial charge is 0.264 e. The molecular weight excluding hydrogens is 593 g/mol. The molecule has 2 amide bonds. The van der Waals surface area contributed by atoms with Crippen LogP contribution in [-0.4, -0.2) is 43.3 Å². The molecule has 0 aromatic heterocycles. The van der Waals surface area contributed by atoms with E-state index in [4.69, 9.17) is 34.8 Å². The number of amides is 2. The first-order valence-corrected chi connectivity index (χ1v) is 15.2. The quantitative estimate of drug-likeness (QED) is 0.277. The summed E-state index contributed by atoms with van der Waals surface area (Å²) in [5.74, 6) is -1.00. The van der Waals surface area contributed by atoms with Crippen molar-refractivity contribution >= 4 is 62.3 Å². The molecule has 0 heterocycles. The molecule has 0 unspecified atom stereocenters. The topological polar surface area (TPSA) is 86.8 Å². The van der Waals surface area contributed by atoms with Crippen molar-refractivity contribution in [2.45, 2.75) is 57.1 Å². The Hall–Kier alpha value is -2.78. The average molecular weight is 625 g/mol. The third-order valence-electron chi connectivity index (χ3n) is 5.98. The number of hydrogen-bond donors (Lipinski definition) is 1. The number of carbonyl (C=O) groups excluding carboxylic acids is 2. The highest BCUT2D eigenvalue weighted by Crippen LogP contribution is 2.29. The summed E-state index contributed by atoms with van der Waals surface area (Å²) in [7, 11) is -4.20. The highest BCUT2D eigenvalue weighted by atomic mass is 35.5. The van der Waals surface area contributed by atoms with Gasteiger partial charge in [-0.1, -0.05) is 72.1 Å². The highest BCUT2D eigenvalue weighted by molar-refractivity contribution is 7.92. The molecular formula is C29H32Cl3N3O4S. The van der Waals surface area contributed by atoms with Crippen molar-refractivity contribution in [2.75, 3.05) is 10.8 Å². The van der Waals surface area contributed by atoms with Gasteiger partial charge < -0.3 is 10.2 Å². The van der Waals surface area contributed by atoms with Gasteiger partial charge in [0.1, 0.15) is 12.6 Å². The summed E-state index contributed by atoms with van der Waals surface area (Å²) in [6.45, 7) is 6.57. The van der Waals surface area contributed by atoms with E-state index in [-0.39, 0.29) is 29.5 Å². The molecule has 7 nitrogen and oxygen atoms in total. The van der Waals surface area contributed by atoms with Crippen LogP contribution >= 0.6 is 34.8 Å². The van der Waals surface area contributed by atoms with E-state index in [9.17, 15) is 18.0 Å². The lowest BCUT2D eigenvalue weighted by atomic mass is 10.1. The van der Waals surface area contributed by atoms with Gasteiger partial charge in [-0.25, -0.2) is 8.42 Å². The Balaban J connectivity index is 2.11. The van der Waals surface area contributed by atoms with Crippen LogP contribution in [0.3, 0.4) is 0 Å². The summed E-state index contributed by atoms with van der Waals surface area (Å²) in [5.41, 5.74) is 0.0825. The maximum atomic E-state index is 14.1. The number of nitrogens with zero attached hydrogens (tertiary/aromatic N) is 2. The molecule has 1 atom stereocenters. The van der Waals surface area contributed by atoms with Gasteiger partial charge in [-0.05, 0) is 69.7 Å². The first-order chi connectivity index (χ1) is 18.7. The minimum absolute atomic E-state index is 0.000918. The largest absolute Gasteiger partial charge is 0.350 e. The van der Waals surface area contributed by atoms with E-state index in [1.807, 2.05) is 20.8 Å². The van der Waals surface area contributed by atoms with Gasteiger partial charge in [0.25, 0.3) is 10.0 Å². The number of rotatable bonds is 10. The first-order valence-electron chi connectivity index (χ1n) is 12.6. The molecule has 0 aliphatic carbocycles. The minimum atomic E-state index is -4.20. The molecule has 214 valence electrons. The Morgan fingerprint density at radius 2 is 1.50 bits per heavy atom. The van der Waals surface area contributed by atoms with Gasteiger partial charge in [0.05, 0.1) is 10.6 Å². The molecule has 0 saturated carbocycles. The third kappa shape index (κ3) is 7.91. The Bertz CT molecular complexity index is 1440. The maximum absolute atomic E-state index is 14.1. The zero-order valence-corrected chi connectivity index (χ0v) is 25.8. The van der Waals surface area contributed by atoms with E-state index in [2.05, 4.69) is 5.32 Å². The summed E-state index contributed by atoms with van der Waals surface area (Å²) < 4.78 is 28.6. The van der Waals surface area contributed by atoms with Crippen molar-refractivity contribution in [3.05, 3.63) is 93.4 Å². The number of anilines is 1. The monoisotopic (exact) mass is 623 g/mol. The molecule has 11 heteroatoms. The van der Waals surface area contributed by atoms with E-state index in [1.54, 1.807) is 61.5 Å². The van der Waals surface area contributed by atoms with Crippen molar-refractivity contribution in [1.29, 1.82) is 0 Å². The van der Waals surface area contributed by atoms with Crippen LogP contribution in [0.5, 0.6) is 0 Å². The van der Waals surface area contributed by atoms with Gasteiger partial charge in [0.15, 0.2) is 0 Å². The molecule has 0 bridgehead atoms. The average Bonchev–Trinajstić information content (AvgIpc) is 2.88. The summed E-state index contributed by atoms with van der Waals surface area (Å²) >= 11 is 19.1. The molecule has 1 N–H and O–H groups in total. The highest BCUT2D eigenvalue weighted by Gasteiger charge is 2.35. The van der Waals surface area contributed by atoms with Crippen molar-refractivity contribution in [3.63, 3.8) is 0 Å². The summed E-state index contributed by atoms with van der Waals surface area (Å²) in [4.78, 5) is 28.8. The minimum Gasteiger partial charge on any atom is -0.350 e. The van der Waals surface area contributed by atoms with Crippen molar-refractivity contribution in [2.24, 2.45) is 0 Å². The fraction of sp³-hybridized carbons (Fsp3) is 0.310. The number of sulfonamides is 1. The van der Waals surface area contributed by atoms with Gasteiger partial charge in [0, 0.05) is 32.7 Å². The van der Waals surface area contributed by atoms with Gasteiger partial charge in [-0.3, -0.25) is 13.9 Å². The number of hydrogen-bond acceptors (Lipinski definition) is 4. The van der Waals surface area contributed by atoms with E-state index in [0.29, 0.717) is 20.6 Å². The van der Waals surface area contributed by atoms with Crippen LogP contribution in [0.4, 0.5) is 5.69 Å². The predicted octanol–water partition coefficient (Wildman–Crippen LogP) is 6.56. The van der Waals surface area contributed by atoms with E-state index in [1.165, 1.54) is 23.1 Å². The third-order valence-corrected chi connectivity index (χ3v) is 8.71. The van der Waals surface area contributed by atoms with Gasteiger partial charge >= 0.3 is 0 Å². The van der Waals surface area contributed by atoms with Crippen molar-refractivity contribution in [1.82, 2.24) is 10.2 Å². The van der Waals surface area contributed by atoms with Gasteiger partial charge in [-0.2, -0.15) is 0 Å². The molecule has 0 saturated heterocycles. The lowest BCUT2D eigenvalue weighted by Gasteiger charge is -2.35. The zero-order chi connectivity index (χ0) is 29.7. The predicted molar refractivity (Wildman–Crippen MR) is 161 cm³/mol. The summed E-state index contributed by atoms with van der Waals surface area (Å²) in [6, 6.07) is 18.0. The number of halogens is 3. The molecule has 0 spiro atoms. The molecule has 0 fully saturated rings. The molecule has 40 heavy (non-hydrogen) atoms. The van der Waals surface area contributed by atoms with Crippen LogP contribution in [-0.2, 0) is 26.2 Å². The standard InChI is InChI=1S/C29H32Cl3N3O4S/c1-5-26(28(37)33-29(2,3)4)34(18-23-24(31)15-10-16-25(23)32)27(36)19-35(21-12-9-11-20(30)17-21)40(38,39)22-13-7-6-8-14-22/h6-17,26H,5,18-19H2,1-4H3,(H,33,37)/t26-/m0/s1. The Morgan fingerprint density at radius 3 is 2.05 bits per heavy atom. The zero-order valence-electron chi connectivity index (χ0n) is 22.7. The summed E-state index contributed by atoms with van der Waals surface area (Å²) in [6.07, 6.45) is 0.262. The SMILES string of the molecule is CC[C@@H](C(=O)NC(C)(C)C)N(Cc1c(Cl)cccc1Cl)C(=O)CN(c1cccc(Cl)c1)S(=O)(=O)c1ccccc1. The number of carbonyl (C=O) groups is 2. The van der Waals surface area contributed by atoms with E-state index < -0.39 is 34.1 Å². The Morgan fingerprint density at radius 1 is 0.900 bits per heavy atom. The van der Waals surface area contributed by atoms with Crippen LogP contribution in [0.15, 0.2) is 77.7 Å². The lowest BCUT2D eigenvalue weighted by molar-refractivity contribution is -0.141. The lowest BCUT2D eigenvalue weighted by Crippen LogP contribution is -2.55. The second-order valence-corrected chi connectivity index (χ2v) is 13.3. The molecule has 0 aliphatic heterocycles. The molecule has 3 aromatic carbocycles. The van der Waals surface area contributed by atoms with Crippen LogP contribution < -0.4 is 9.62 Å². The normalized spacial score (nSPS) is 12.5. The maximum Gasteiger partial charge on any atom is 0.264 e. The van der Waals surface area contributed by atoms with E-state index in [0.717, 1.165) is 4.31 Å². The first kappa shape index (κ1) is 31.7. The van der Waals surface area contributed by atoms with Crippen LogP contribution in [0.1, 0.15) is 39.7 Å². The van der Waals surface area contributed by atoms with Crippen LogP contribution in [0.25, 0.3) is 0 Å². The van der Waals surface area contributed by atoms with E-state index >= 15 is 0 Å². The second kappa shape index (κ2) is 13.3.